The molecule has 0 saturated carbocycles. The van der Waals surface area contributed by atoms with Gasteiger partial charge in [-0.05, 0) is 0 Å². The smallest absolute Gasteiger partial charge is 0.449 e. The van der Waals surface area contributed by atoms with E-state index in [1.807, 2.05) is 0 Å². The van der Waals surface area contributed by atoms with Crippen molar-refractivity contribution in [3.8, 4) is 0 Å². The van der Waals surface area contributed by atoms with Crippen LogP contribution in [-0.2, 0) is 0 Å². The van der Waals surface area contributed by atoms with Crippen molar-refractivity contribution in [3.63, 3.8) is 0 Å². The average molecular weight is 136 g/mol. The number of hydrogen-bond donors (Lipinski definition) is 0. The molecule has 0 heterocycles. The summed E-state index contributed by atoms with van der Waals surface area (Å²) in [4.78, 5) is 0. The summed E-state index contributed by atoms with van der Waals surface area (Å²) in [6, 6.07) is 0. The Morgan fingerprint density at radius 2 is 1.43 bits per heavy atom. The van der Waals surface area contributed by atoms with Gasteiger partial charge < -0.3 is 12.9 Å². The van der Waals surface area contributed by atoms with Crippen molar-refractivity contribution in [1.29, 1.82) is 0 Å². The predicted molar refractivity (Wildman–Crippen MR) is 19.6 cm³/mol. The van der Waals surface area contributed by atoms with Gasteiger partial charge in [0.25, 0.3) is 0 Å². The first-order chi connectivity index (χ1) is 2.56. The summed E-state index contributed by atoms with van der Waals surface area (Å²) in [6.07, 6.45) is -0.667. The molecule has 0 aliphatic carbocycles. The fourth-order valence-corrected chi connectivity index (χ4v) is 0. The molecule has 0 N–H and O–H groups in total. The Hall–Kier alpha value is 1.49. The first-order valence-corrected chi connectivity index (χ1v) is 1.77. The second-order valence-electron chi connectivity index (χ2n) is 1.12. The fraction of sp³-hybridized carbons (Fsp3) is 1.00. The summed E-state index contributed by atoms with van der Waals surface area (Å²) < 4.78 is 32.5. The van der Waals surface area contributed by atoms with E-state index < -0.39 is 13.3 Å². The molecule has 0 aromatic heterocycles. The minimum Gasteiger partial charge on any atom is -0.449 e. The van der Waals surface area contributed by atoms with Crippen LogP contribution in [0.5, 0.6) is 0 Å². The van der Waals surface area contributed by atoms with Crippen molar-refractivity contribution < 1.29 is 64.3 Å². The number of halogens is 3. The summed E-state index contributed by atoms with van der Waals surface area (Å²) in [7, 11) is 0. The monoisotopic (exact) mass is 136 g/mol. The van der Waals surface area contributed by atoms with E-state index in [9.17, 15) is 12.9 Å². The number of hydrogen-bond acceptors (Lipinski definition) is 0. The van der Waals surface area contributed by atoms with Crippen LogP contribution >= 0.6 is 0 Å². The van der Waals surface area contributed by atoms with Crippen molar-refractivity contribution in [2.45, 2.75) is 13.2 Å². The van der Waals surface area contributed by atoms with Crippen LogP contribution in [0.3, 0.4) is 0 Å². The van der Waals surface area contributed by atoms with E-state index in [1.165, 1.54) is 0 Å². The zero-order chi connectivity index (χ0) is 5.21. The molecule has 38 valence electrons. The van der Waals surface area contributed by atoms with Crippen LogP contribution < -0.4 is 51.4 Å². The first kappa shape index (κ1) is 11.3. The summed E-state index contributed by atoms with van der Waals surface area (Å²) >= 11 is 0. The van der Waals surface area contributed by atoms with Crippen LogP contribution in [0, 0.1) is 0 Å². The van der Waals surface area contributed by atoms with Crippen LogP contribution in [0.4, 0.5) is 12.9 Å². The van der Waals surface area contributed by atoms with Gasteiger partial charge in [-0.25, -0.2) is 0 Å². The van der Waals surface area contributed by atoms with Crippen molar-refractivity contribution >= 4 is 6.98 Å². The fourth-order valence-electron chi connectivity index (χ4n) is 0. The van der Waals surface area contributed by atoms with Gasteiger partial charge in [0.15, 0.2) is 0 Å². The van der Waals surface area contributed by atoms with Crippen molar-refractivity contribution in [2.24, 2.45) is 0 Å². The van der Waals surface area contributed by atoms with Gasteiger partial charge in [-0.2, -0.15) is 0 Å². The van der Waals surface area contributed by atoms with Gasteiger partial charge in [-0.3, -0.25) is 0 Å². The van der Waals surface area contributed by atoms with Crippen LogP contribution in [0.1, 0.15) is 6.92 Å². The predicted octanol–water partition coefficient (Wildman–Crippen LogP) is -1.14. The minimum absolute atomic E-state index is 0. The molecule has 0 rings (SSSR count). The molecule has 0 atom stereocenters. The Morgan fingerprint density at radius 1 is 1.29 bits per heavy atom. The SMILES string of the molecule is CC[B-](F)(F)F.[K+]. The van der Waals surface area contributed by atoms with Gasteiger partial charge in [-0.1, -0.05) is 13.2 Å². The molecule has 0 bridgehead atoms. The van der Waals surface area contributed by atoms with Gasteiger partial charge >= 0.3 is 58.4 Å². The van der Waals surface area contributed by atoms with Gasteiger partial charge in [0.1, 0.15) is 0 Å². The molecule has 7 heavy (non-hydrogen) atoms. The molecule has 0 aromatic rings. The van der Waals surface area contributed by atoms with Crippen molar-refractivity contribution in [3.05, 3.63) is 0 Å². The van der Waals surface area contributed by atoms with Gasteiger partial charge in [-0.15, -0.1) is 0 Å². The topological polar surface area (TPSA) is 0 Å². The molecule has 0 nitrogen and oxygen atoms in total. The summed E-state index contributed by atoms with van der Waals surface area (Å²) in [6.45, 7) is -3.37. The third-order valence-electron chi connectivity index (χ3n) is 0.463. The van der Waals surface area contributed by atoms with Gasteiger partial charge in [0, 0.05) is 0 Å². The third kappa shape index (κ3) is 11.2. The maximum Gasteiger partial charge on any atom is 1.00 e. The van der Waals surface area contributed by atoms with E-state index in [-0.39, 0.29) is 51.4 Å². The van der Waals surface area contributed by atoms with Crippen LogP contribution in [0.15, 0.2) is 0 Å². The van der Waals surface area contributed by atoms with E-state index in [1.54, 1.807) is 0 Å². The van der Waals surface area contributed by atoms with Crippen LogP contribution in [0.2, 0.25) is 6.32 Å². The quantitative estimate of drug-likeness (QED) is 0.399. The van der Waals surface area contributed by atoms with Crippen LogP contribution in [0.25, 0.3) is 0 Å². The molecule has 0 saturated heterocycles. The summed E-state index contributed by atoms with van der Waals surface area (Å²) in [5.41, 5.74) is 0. The Morgan fingerprint density at radius 3 is 1.43 bits per heavy atom. The molecule has 0 unspecified atom stereocenters. The second kappa shape index (κ2) is 4.38. The average Bonchev–Trinajstić information content (AvgIpc) is 1.35. The molecular weight excluding hydrogens is 131 g/mol. The summed E-state index contributed by atoms with van der Waals surface area (Å²) in [5, 5.41) is 0. The molecule has 0 fully saturated rings. The molecule has 0 aliphatic heterocycles. The van der Waals surface area contributed by atoms with Crippen molar-refractivity contribution in [2.75, 3.05) is 0 Å². The van der Waals surface area contributed by atoms with Crippen LogP contribution in [-0.4, -0.2) is 6.98 Å². The maximum absolute atomic E-state index is 10.8. The first-order valence-electron chi connectivity index (χ1n) is 1.77. The molecule has 0 aromatic carbocycles. The van der Waals surface area contributed by atoms with E-state index in [2.05, 4.69) is 0 Å². The van der Waals surface area contributed by atoms with Crippen molar-refractivity contribution in [1.82, 2.24) is 0 Å². The Kier molecular flexibility index (Phi) is 7.07. The summed E-state index contributed by atoms with van der Waals surface area (Å²) in [5.74, 6) is 0. The standard InChI is InChI=1S/C2H5BF3.K/c1-2-3(4,5)6;/h2H2,1H3;/q-1;+1. The zero-order valence-electron chi connectivity index (χ0n) is 4.42. The number of rotatable bonds is 1. The van der Waals surface area contributed by atoms with Gasteiger partial charge in [0.2, 0.25) is 0 Å². The molecule has 5 heteroatoms. The largest absolute Gasteiger partial charge is 1.00 e. The molecule has 0 aliphatic rings. The third-order valence-corrected chi connectivity index (χ3v) is 0.463. The van der Waals surface area contributed by atoms with E-state index in [4.69, 9.17) is 0 Å². The second-order valence-corrected chi connectivity index (χ2v) is 1.12. The molecule has 0 radical (unpaired) electrons. The molecular formula is C2H5BF3K. The maximum atomic E-state index is 10.8. The normalized spacial score (nSPS) is 10.3. The molecule has 0 spiro atoms. The Balaban J connectivity index is 0. The van der Waals surface area contributed by atoms with E-state index in [0.29, 0.717) is 0 Å². The zero-order valence-corrected chi connectivity index (χ0v) is 7.54. The minimum atomic E-state index is -4.49. The van der Waals surface area contributed by atoms with Gasteiger partial charge in [0.05, 0.1) is 0 Å². The molecule has 0 amide bonds. The Labute approximate surface area is 83.3 Å². The Bertz CT molecular complexity index is 42.7. The van der Waals surface area contributed by atoms with E-state index in [0.717, 1.165) is 6.92 Å². The van der Waals surface area contributed by atoms with E-state index >= 15 is 0 Å².